The van der Waals surface area contributed by atoms with Crippen LogP contribution in [0.1, 0.15) is 12.8 Å². The second-order valence-corrected chi connectivity index (χ2v) is 6.03. The number of piperidine rings is 1. The van der Waals surface area contributed by atoms with Crippen molar-refractivity contribution >= 4 is 28.8 Å². The summed E-state index contributed by atoms with van der Waals surface area (Å²) in [7, 11) is 1.79. The summed E-state index contributed by atoms with van der Waals surface area (Å²) >= 11 is 6.11. The number of nitrogens with one attached hydrogen (secondary N) is 1. The highest BCUT2D eigenvalue weighted by Crippen LogP contribution is 2.31. The molecule has 0 atom stereocenters. The summed E-state index contributed by atoms with van der Waals surface area (Å²) in [6.07, 6.45) is 3.16. The molecule has 1 aliphatic heterocycles. The molecule has 1 saturated heterocycles. The zero-order chi connectivity index (χ0) is 17.8. The van der Waals surface area contributed by atoms with E-state index >= 15 is 0 Å². The highest BCUT2D eigenvalue weighted by Gasteiger charge is 2.24. The van der Waals surface area contributed by atoms with E-state index in [-0.39, 0.29) is 11.8 Å². The zero-order valence-electron chi connectivity index (χ0n) is 13.7. The van der Waals surface area contributed by atoms with Gasteiger partial charge in [-0.1, -0.05) is 11.6 Å². The average Bonchev–Trinajstić information content (AvgIpc) is 2.62. The molecular weight excluding hydrogens is 346 g/mol. The quantitative estimate of drug-likeness (QED) is 0.495. The molecule has 0 aliphatic carbocycles. The molecule has 9 heteroatoms. The van der Waals surface area contributed by atoms with E-state index in [4.69, 9.17) is 16.3 Å². The van der Waals surface area contributed by atoms with E-state index in [2.05, 4.69) is 20.2 Å². The summed E-state index contributed by atoms with van der Waals surface area (Å²) in [4.78, 5) is 20.7. The number of anilines is 2. The van der Waals surface area contributed by atoms with Crippen LogP contribution in [-0.2, 0) is 0 Å². The van der Waals surface area contributed by atoms with Crippen LogP contribution in [-0.4, -0.2) is 41.1 Å². The first kappa shape index (κ1) is 17.2. The number of non-ortho nitro benzene ring substituents is 1. The average molecular weight is 364 g/mol. The third-order valence-electron chi connectivity index (χ3n) is 4.12. The van der Waals surface area contributed by atoms with Crippen LogP contribution in [0.3, 0.4) is 0 Å². The minimum atomic E-state index is -0.422. The van der Waals surface area contributed by atoms with Gasteiger partial charge in [0.2, 0.25) is 0 Å². The number of hydrogen-bond acceptors (Lipinski definition) is 7. The molecule has 1 aromatic heterocycles. The van der Waals surface area contributed by atoms with Crippen LogP contribution in [0.15, 0.2) is 30.6 Å². The summed E-state index contributed by atoms with van der Waals surface area (Å²) < 4.78 is 5.93. The maximum atomic E-state index is 10.7. The van der Waals surface area contributed by atoms with E-state index in [1.807, 2.05) is 0 Å². The van der Waals surface area contributed by atoms with Crippen LogP contribution in [0.5, 0.6) is 5.75 Å². The fourth-order valence-corrected chi connectivity index (χ4v) is 3.06. The van der Waals surface area contributed by atoms with Crippen molar-refractivity contribution in [1.82, 2.24) is 9.97 Å². The standard InChI is InChI=1S/C16H18ClN5O3/c1-18-14-15(17)19-10-20-16(14)21-8-6-13(7-9-21)25-12-4-2-11(3-5-12)22(23)24/h2-5,10,13,18H,6-9H2,1H3. The van der Waals surface area contributed by atoms with Gasteiger partial charge in [-0.25, -0.2) is 9.97 Å². The zero-order valence-corrected chi connectivity index (χ0v) is 14.4. The first-order chi connectivity index (χ1) is 12.1. The molecule has 8 nitrogen and oxygen atoms in total. The highest BCUT2D eigenvalue weighted by atomic mass is 35.5. The van der Waals surface area contributed by atoms with Gasteiger partial charge in [-0.05, 0) is 12.1 Å². The van der Waals surface area contributed by atoms with Crippen molar-refractivity contribution in [2.24, 2.45) is 0 Å². The number of nitro groups is 1. The van der Waals surface area contributed by atoms with Crippen molar-refractivity contribution < 1.29 is 9.66 Å². The molecule has 132 valence electrons. The number of benzene rings is 1. The Balaban J connectivity index is 1.60. The van der Waals surface area contributed by atoms with Gasteiger partial charge in [0, 0.05) is 45.1 Å². The summed E-state index contributed by atoms with van der Waals surface area (Å²) in [5.41, 5.74) is 0.779. The number of nitrogens with zero attached hydrogens (tertiary/aromatic N) is 4. The molecule has 1 aromatic carbocycles. The summed E-state index contributed by atoms with van der Waals surface area (Å²) in [6, 6.07) is 6.17. The normalized spacial score (nSPS) is 15.0. The molecule has 1 fully saturated rings. The minimum absolute atomic E-state index is 0.0578. The fourth-order valence-electron chi connectivity index (χ4n) is 2.83. The van der Waals surface area contributed by atoms with Gasteiger partial charge in [-0.2, -0.15) is 0 Å². The first-order valence-corrected chi connectivity index (χ1v) is 8.30. The molecule has 25 heavy (non-hydrogen) atoms. The molecule has 0 unspecified atom stereocenters. The van der Waals surface area contributed by atoms with Crippen LogP contribution in [0.2, 0.25) is 5.15 Å². The number of aromatic nitrogens is 2. The van der Waals surface area contributed by atoms with Gasteiger partial charge in [-0.15, -0.1) is 0 Å². The number of ether oxygens (including phenoxy) is 1. The minimum Gasteiger partial charge on any atom is -0.490 e. The second kappa shape index (κ2) is 7.52. The number of nitro benzene ring substituents is 1. The second-order valence-electron chi connectivity index (χ2n) is 5.67. The lowest BCUT2D eigenvalue weighted by atomic mass is 10.1. The van der Waals surface area contributed by atoms with Crippen LogP contribution in [0.4, 0.5) is 17.2 Å². The third-order valence-corrected chi connectivity index (χ3v) is 4.41. The van der Waals surface area contributed by atoms with E-state index < -0.39 is 4.92 Å². The summed E-state index contributed by atoms with van der Waals surface area (Å²) in [5, 5.41) is 14.1. The van der Waals surface area contributed by atoms with Crippen molar-refractivity contribution in [3.8, 4) is 5.75 Å². The molecule has 1 aliphatic rings. The molecule has 2 heterocycles. The van der Waals surface area contributed by atoms with Crippen LogP contribution >= 0.6 is 11.6 Å². The van der Waals surface area contributed by atoms with Crippen molar-refractivity contribution in [3.63, 3.8) is 0 Å². The van der Waals surface area contributed by atoms with Crippen molar-refractivity contribution in [2.45, 2.75) is 18.9 Å². The van der Waals surface area contributed by atoms with Gasteiger partial charge in [0.15, 0.2) is 11.0 Å². The lowest BCUT2D eigenvalue weighted by Gasteiger charge is -2.33. The molecule has 0 saturated carbocycles. The maximum absolute atomic E-state index is 10.7. The molecule has 3 rings (SSSR count). The Morgan fingerprint density at radius 2 is 1.96 bits per heavy atom. The van der Waals surface area contributed by atoms with E-state index in [0.29, 0.717) is 10.9 Å². The lowest BCUT2D eigenvalue weighted by molar-refractivity contribution is -0.384. The van der Waals surface area contributed by atoms with Crippen LogP contribution in [0.25, 0.3) is 0 Å². The van der Waals surface area contributed by atoms with E-state index in [1.165, 1.54) is 18.5 Å². The molecule has 0 amide bonds. The molecule has 0 radical (unpaired) electrons. The molecule has 1 N–H and O–H groups in total. The lowest BCUT2D eigenvalue weighted by Crippen LogP contribution is -2.39. The first-order valence-electron chi connectivity index (χ1n) is 7.93. The van der Waals surface area contributed by atoms with E-state index in [9.17, 15) is 10.1 Å². The molecule has 2 aromatic rings. The molecular formula is C16H18ClN5O3. The Kier molecular flexibility index (Phi) is 5.18. The van der Waals surface area contributed by atoms with E-state index in [1.54, 1.807) is 19.2 Å². The summed E-state index contributed by atoms with van der Waals surface area (Å²) in [5.74, 6) is 1.43. The Morgan fingerprint density at radius 1 is 1.28 bits per heavy atom. The predicted octanol–water partition coefficient (Wildman–Crippen LogP) is 3.13. The van der Waals surface area contributed by atoms with Crippen molar-refractivity contribution in [2.75, 3.05) is 30.4 Å². The van der Waals surface area contributed by atoms with Gasteiger partial charge in [0.1, 0.15) is 23.9 Å². The van der Waals surface area contributed by atoms with Gasteiger partial charge >= 0.3 is 0 Å². The highest BCUT2D eigenvalue weighted by molar-refractivity contribution is 6.32. The molecule has 0 bridgehead atoms. The number of halogens is 1. The topological polar surface area (TPSA) is 93.4 Å². The van der Waals surface area contributed by atoms with Crippen molar-refractivity contribution in [1.29, 1.82) is 0 Å². The van der Waals surface area contributed by atoms with Gasteiger partial charge in [0.25, 0.3) is 5.69 Å². The predicted molar refractivity (Wildman–Crippen MR) is 95.5 cm³/mol. The summed E-state index contributed by atoms with van der Waals surface area (Å²) in [6.45, 7) is 1.55. The Bertz CT molecular complexity index is 748. The van der Waals surface area contributed by atoms with Crippen LogP contribution < -0.4 is 15.0 Å². The third kappa shape index (κ3) is 3.90. The largest absolute Gasteiger partial charge is 0.490 e. The monoisotopic (exact) mass is 363 g/mol. The number of rotatable bonds is 5. The molecule has 0 spiro atoms. The smallest absolute Gasteiger partial charge is 0.269 e. The van der Waals surface area contributed by atoms with E-state index in [0.717, 1.165) is 37.4 Å². The Morgan fingerprint density at radius 3 is 2.56 bits per heavy atom. The fraction of sp³-hybridized carbons (Fsp3) is 0.375. The van der Waals surface area contributed by atoms with Crippen LogP contribution in [0, 0.1) is 10.1 Å². The van der Waals surface area contributed by atoms with Gasteiger partial charge in [0.05, 0.1) is 4.92 Å². The number of hydrogen-bond donors (Lipinski definition) is 1. The van der Waals surface area contributed by atoms with Gasteiger partial charge in [-0.3, -0.25) is 10.1 Å². The Labute approximate surface area is 149 Å². The SMILES string of the molecule is CNc1c(Cl)ncnc1N1CCC(Oc2ccc([N+](=O)[O-])cc2)CC1. The maximum Gasteiger partial charge on any atom is 0.269 e. The van der Waals surface area contributed by atoms with Gasteiger partial charge < -0.3 is 15.0 Å². The Hall–Kier alpha value is -2.61. The van der Waals surface area contributed by atoms with Crippen molar-refractivity contribution in [3.05, 3.63) is 45.9 Å².